The van der Waals surface area contributed by atoms with Gasteiger partial charge < -0.3 is 15.7 Å². The molecule has 2 aromatic carbocycles. The van der Waals surface area contributed by atoms with Crippen LogP contribution in [-0.4, -0.2) is 17.6 Å². The van der Waals surface area contributed by atoms with Gasteiger partial charge in [-0.3, -0.25) is 4.79 Å². The number of phenols is 1. The smallest absolute Gasteiger partial charge is 0.260 e. The van der Waals surface area contributed by atoms with Crippen LogP contribution in [0.2, 0.25) is 0 Å². The molecule has 0 unspecified atom stereocenters. The Kier molecular flexibility index (Phi) is 3.71. The lowest BCUT2D eigenvalue weighted by Crippen LogP contribution is -2.31. The van der Waals surface area contributed by atoms with Crippen LogP contribution in [0.1, 0.15) is 17.3 Å². The predicted octanol–water partition coefficient (Wildman–Crippen LogP) is 2.64. The van der Waals surface area contributed by atoms with Gasteiger partial charge in [0.2, 0.25) is 0 Å². The van der Waals surface area contributed by atoms with Crippen molar-refractivity contribution in [3.63, 3.8) is 0 Å². The number of aromatic hydroxyl groups is 1. The number of phenolic OH excluding ortho intramolecular Hbond substituents is 1. The highest BCUT2D eigenvalue weighted by Gasteiger charge is 2.18. The summed E-state index contributed by atoms with van der Waals surface area (Å²) in [4.78, 5) is 14.1. The number of carbonyl (C=O) groups excluding carboxylic acids is 1. The molecule has 19 heavy (non-hydrogen) atoms. The number of nitrogen functional groups attached to an aromatic ring is 1. The highest BCUT2D eigenvalue weighted by atomic mass is 16.3. The average molecular weight is 256 g/mol. The fourth-order valence-electron chi connectivity index (χ4n) is 1.93. The number of nitrogens with two attached hydrogens (primary N) is 1. The molecular formula is C15H16N2O2. The topological polar surface area (TPSA) is 66.6 Å². The number of anilines is 2. The van der Waals surface area contributed by atoms with E-state index >= 15 is 0 Å². The third-order valence-corrected chi connectivity index (χ3v) is 2.90. The summed E-state index contributed by atoms with van der Waals surface area (Å²) in [6.07, 6.45) is 0. The Balaban J connectivity index is 2.39. The minimum Gasteiger partial charge on any atom is -0.508 e. The molecule has 4 nitrogen and oxygen atoms in total. The number of rotatable bonds is 3. The second-order valence-electron chi connectivity index (χ2n) is 4.16. The van der Waals surface area contributed by atoms with Crippen LogP contribution in [0.4, 0.5) is 11.4 Å². The highest BCUT2D eigenvalue weighted by molar-refractivity contribution is 6.09. The van der Waals surface area contributed by atoms with E-state index in [4.69, 9.17) is 5.73 Å². The molecule has 2 rings (SSSR count). The number of carbonyl (C=O) groups is 1. The van der Waals surface area contributed by atoms with Crippen LogP contribution in [0, 0.1) is 0 Å². The molecule has 0 aliphatic heterocycles. The Labute approximate surface area is 112 Å². The summed E-state index contributed by atoms with van der Waals surface area (Å²) in [6.45, 7) is 2.42. The first-order valence-electron chi connectivity index (χ1n) is 6.09. The minimum absolute atomic E-state index is 0.0293. The van der Waals surface area contributed by atoms with Crippen molar-refractivity contribution in [3.05, 3.63) is 54.1 Å². The fraction of sp³-hybridized carbons (Fsp3) is 0.133. The molecule has 2 aromatic rings. The first-order valence-corrected chi connectivity index (χ1v) is 6.09. The van der Waals surface area contributed by atoms with Crippen LogP contribution in [0.5, 0.6) is 5.75 Å². The maximum Gasteiger partial charge on any atom is 0.260 e. The maximum atomic E-state index is 12.5. The van der Waals surface area contributed by atoms with Crippen LogP contribution in [0.25, 0.3) is 0 Å². The summed E-state index contributed by atoms with van der Waals surface area (Å²) < 4.78 is 0. The largest absolute Gasteiger partial charge is 0.508 e. The molecule has 0 spiro atoms. The van der Waals surface area contributed by atoms with Gasteiger partial charge in [0.15, 0.2) is 0 Å². The van der Waals surface area contributed by atoms with Crippen LogP contribution < -0.4 is 10.6 Å². The lowest BCUT2D eigenvalue weighted by atomic mass is 10.1. The molecule has 1 amide bonds. The van der Waals surface area contributed by atoms with Gasteiger partial charge in [-0.05, 0) is 37.3 Å². The van der Waals surface area contributed by atoms with Gasteiger partial charge in [-0.1, -0.05) is 18.2 Å². The summed E-state index contributed by atoms with van der Waals surface area (Å²) in [5.41, 5.74) is 7.28. The van der Waals surface area contributed by atoms with E-state index < -0.39 is 0 Å². The van der Waals surface area contributed by atoms with Gasteiger partial charge >= 0.3 is 0 Å². The molecule has 0 fully saturated rings. The van der Waals surface area contributed by atoms with E-state index in [0.29, 0.717) is 17.8 Å². The first kappa shape index (κ1) is 13.0. The molecule has 0 aromatic heterocycles. The van der Waals surface area contributed by atoms with Crippen molar-refractivity contribution >= 4 is 17.3 Å². The molecule has 0 aliphatic carbocycles. The van der Waals surface area contributed by atoms with Gasteiger partial charge in [-0.2, -0.15) is 0 Å². The summed E-state index contributed by atoms with van der Waals surface area (Å²) in [7, 11) is 0. The monoisotopic (exact) mass is 256 g/mol. The Morgan fingerprint density at radius 2 is 1.89 bits per heavy atom. The summed E-state index contributed by atoms with van der Waals surface area (Å²) in [6, 6.07) is 13.7. The molecular weight excluding hydrogens is 240 g/mol. The average Bonchev–Trinajstić information content (AvgIpc) is 2.43. The normalized spacial score (nSPS) is 10.2. The third-order valence-electron chi connectivity index (χ3n) is 2.90. The molecule has 98 valence electrons. The van der Waals surface area contributed by atoms with E-state index in [1.165, 1.54) is 18.2 Å². The maximum absolute atomic E-state index is 12.5. The van der Waals surface area contributed by atoms with Crippen LogP contribution in [0.3, 0.4) is 0 Å². The number of nitrogens with zero attached hydrogens (tertiary/aromatic N) is 1. The van der Waals surface area contributed by atoms with E-state index in [1.807, 2.05) is 37.3 Å². The van der Waals surface area contributed by atoms with E-state index in [0.717, 1.165) is 5.69 Å². The van der Waals surface area contributed by atoms with Crippen LogP contribution in [-0.2, 0) is 0 Å². The van der Waals surface area contributed by atoms with Crippen molar-refractivity contribution in [2.24, 2.45) is 0 Å². The van der Waals surface area contributed by atoms with Gasteiger partial charge in [0.05, 0.1) is 5.56 Å². The minimum atomic E-state index is -0.220. The van der Waals surface area contributed by atoms with Gasteiger partial charge in [0.25, 0.3) is 5.91 Å². The number of amides is 1. The van der Waals surface area contributed by atoms with E-state index in [9.17, 15) is 9.90 Å². The number of benzene rings is 2. The lowest BCUT2D eigenvalue weighted by Gasteiger charge is -2.21. The van der Waals surface area contributed by atoms with Crippen molar-refractivity contribution in [3.8, 4) is 5.75 Å². The molecule has 0 saturated carbocycles. The second kappa shape index (κ2) is 5.44. The van der Waals surface area contributed by atoms with E-state index in [-0.39, 0.29) is 11.7 Å². The third kappa shape index (κ3) is 2.68. The quantitative estimate of drug-likeness (QED) is 0.655. The summed E-state index contributed by atoms with van der Waals surface area (Å²) in [5.74, 6) is -0.191. The molecule has 3 N–H and O–H groups in total. The number of para-hydroxylation sites is 1. The molecule has 0 atom stereocenters. The van der Waals surface area contributed by atoms with Gasteiger partial charge in [0, 0.05) is 17.9 Å². The van der Waals surface area contributed by atoms with Crippen LogP contribution in [0.15, 0.2) is 48.5 Å². The summed E-state index contributed by atoms with van der Waals surface area (Å²) >= 11 is 0. The molecule has 0 bridgehead atoms. The summed E-state index contributed by atoms with van der Waals surface area (Å²) in [5, 5.41) is 9.49. The Hall–Kier alpha value is -2.49. The Morgan fingerprint density at radius 3 is 2.53 bits per heavy atom. The molecule has 0 radical (unpaired) electrons. The number of hydrogen-bond donors (Lipinski definition) is 2. The zero-order valence-corrected chi connectivity index (χ0v) is 10.7. The zero-order chi connectivity index (χ0) is 13.8. The van der Waals surface area contributed by atoms with E-state index in [1.54, 1.807) is 4.90 Å². The predicted molar refractivity (Wildman–Crippen MR) is 76.3 cm³/mol. The van der Waals surface area contributed by atoms with Crippen molar-refractivity contribution in [2.75, 3.05) is 17.2 Å². The van der Waals surface area contributed by atoms with Crippen molar-refractivity contribution < 1.29 is 9.90 Å². The molecule has 0 heterocycles. The van der Waals surface area contributed by atoms with Crippen molar-refractivity contribution in [2.45, 2.75) is 6.92 Å². The lowest BCUT2D eigenvalue weighted by molar-refractivity contribution is 0.0989. The fourth-order valence-corrected chi connectivity index (χ4v) is 1.93. The molecule has 4 heteroatoms. The standard InChI is InChI=1S/C15H16N2O2/c1-2-17(11-6-4-3-5-7-11)15(19)13-10-12(18)8-9-14(13)16/h3-10,18H,2,16H2,1H3. The van der Waals surface area contributed by atoms with Gasteiger partial charge in [0.1, 0.15) is 5.75 Å². The molecule has 0 aliphatic rings. The zero-order valence-electron chi connectivity index (χ0n) is 10.7. The first-order chi connectivity index (χ1) is 9.13. The van der Waals surface area contributed by atoms with Gasteiger partial charge in [-0.25, -0.2) is 0 Å². The van der Waals surface area contributed by atoms with E-state index in [2.05, 4.69) is 0 Å². The number of hydrogen-bond acceptors (Lipinski definition) is 3. The second-order valence-corrected chi connectivity index (χ2v) is 4.16. The Morgan fingerprint density at radius 1 is 1.21 bits per heavy atom. The van der Waals surface area contributed by atoms with Crippen molar-refractivity contribution in [1.82, 2.24) is 0 Å². The van der Waals surface area contributed by atoms with Crippen LogP contribution >= 0.6 is 0 Å². The van der Waals surface area contributed by atoms with Crippen molar-refractivity contribution in [1.29, 1.82) is 0 Å². The molecule has 0 saturated heterocycles. The highest BCUT2D eigenvalue weighted by Crippen LogP contribution is 2.23. The van der Waals surface area contributed by atoms with Gasteiger partial charge in [-0.15, -0.1) is 0 Å². The SMILES string of the molecule is CCN(C(=O)c1cc(O)ccc1N)c1ccccc1. The Bertz CT molecular complexity index is 582.